The Kier molecular flexibility index (Phi) is 1.62. The Bertz CT molecular complexity index is 605. The monoisotopic (exact) mass is 197 g/mol. The fourth-order valence-corrected chi connectivity index (χ4v) is 2.94. The molecule has 3 rings (SSSR count). The topological polar surface area (TPSA) is 0 Å². The summed E-state index contributed by atoms with van der Waals surface area (Å²) in [5, 5.41) is 2.70. The minimum absolute atomic E-state index is 1.09. The van der Waals surface area contributed by atoms with Gasteiger partial charge in [-0.25, -0.2) is 0 Å². The fourth-order valence-electron chi connectivity index (χ4n) is 1.77. The second kappa shape index (κ2) is 2.82. The van der Waals surface area contributed by atoms with Crippen molar-refractivity contribution in [3.8, 4) is 0 Å². The van der Waals surface area contributed by atoms with Crippen molar-refractivity contribution in [1.82, 2.24) is 0 Å². The van der Waals surface area contributed by atoms with Crippen LogP contribution in [-0.2, 0) is 0 Å². The van der Waals surface area contributed by atoms with E-state index in [0.717, 1.165) is 5.56 Å². The first-order chi connectivity index (χ1) is 6.84. The second-order valence-electron chi connectivity index (χ2n) is 3.43. The molecule has 67 valence electrons. The quantitative estimate of drug-likeness (QED) is 0.505. The number of benzene rings is 2. The second-order valence-corrected chi connectivity index (χ2v) is 4.51. The molecule has 1 aromatic heterocycles. The Morgan fingerprint density at radius 1 is 0.857 bits per heavy atom. The van der Waals surface area contributed by atoms with Gasteiger partial charge in [0, 0.05) is 20.2 Å². The van der Waals surface area contributed by atoms with Crippen molar-refractivity contribution < 1.29 is 0 Å². The first-order valence-electron chi connectivity index (χ1n) is 4.58. The van der Waals surface area contributed by atoms with Crippen molar-refractivity contribution >= 4 is 31.5 Å². The lowest BCUT2D eigenvalue weighted by atomic mass is 10.1. The van der Waals surface area contributed by atoms with Gasteiger partial charge in [0.1, 0.15) is 0 Å². The van der Waals surface area contributed by atoms with E-state index in [4.69, 9.17) is 0 Å². The Labute approximate surface area is 86.8 Å². The van der Waals surface area contributed by atoms with E-state index in [1.54, 1.807) is 0 Å². The van der Waals surface area contributed by atoms with E-state index in [0.29, 0.717) is 0 Å². The summed E-state index contributed by atoms with van der Waals surface area (Å²) < 4.78 is 2.69. The van der Waals surface area contributed by atoms with Crippen LogP contribution in [0.5, 0.6) is 0 Å². The van der Waals surface area contributed by atoms with Crippen molar-refractivity contribution in [1.29, 1.82) is 0 Å². The maximum absolute atomic E-state index is 3.95. The Morgan fingerprint density at radius 3 is 2.57 bits per heavy atom. The standard InChI is InChI=1S/C13H9S/c1-9-6-7-11-10-4-2-3-5-12(10)14-13(11)8-9/h2-8H,1H2. The molecule has 0 nitrogen and oxygen atoms in total. The maximum atomic E-state index is 3.95. The fraction of sp³-hybridized carbons (Fsp3) is 0. The third kappa shape index (κ3) is 1.06. The van der Waals surface area contributed by atoms with Crippen LogP contribution in [0.1, 0.15) is 5.56 Å². The summed E-state index contributed by atoms with van der Waals surface area (Å²) >= 11 is 1.84. The van der Waals surface area contributed by atoms with Crippen LogP contribution < -0.4 is 0 Å². The van der Waals surface area contributed by atoms with E-state index in [2.05, 4.69) is 49.4 Å². The van der Waals surface area contributed by atoms with E-state index in [1.165, 1.54) is 20.2 Å². The largest absolute Gasteiger partial charge is 0.135 e. The summed E-state index contributed by atoms with van der Waals surface area (Å²) in [5.74, 6) is 0. The molecule has 0 atom stereocenters. The zero-order valence-corrected chi connectivity index (χ0v) is 8.47. The first-order valence-corrected chi connectivity index (χ1v) is 5.39. The SMILES string of the molecule is [CH2]c1ccc2c(c1)sc1ccccc12. The smallest absolute Gasteiger partial charge is 0.0358 e. The van der Waals surface area contributed by atoms with Gasteiger partial charge in [-0.2, -0.15) is 0 Å². The third-order valence-electron chi connectivity index (χ3n) is 2.44. The molecule has 3 aromatic rings. The van der Waals surface area contributed by atoms with Crippen molar-refractivity contribution in [3.63, 3.8) is 0 Å². The third-order valence-corrected chi connectivity index (χ3v) is 3.58. The lowest BCUT2D eigenvalue weighted by Gasteiger charge is -1.92. The average molecular weight is 197 g/mol. The Balaban J connectivity index is 2.57. The molecule has 0 fully saturated rings. The predicted molar refractivity (Wildman–Crippen MR) is 63.8 cm³/mol. The van der Waals surface area contributed by atoms with Crippen LogP contribution in [0.15, 0.2) is 42.5 Å². The molecule has 14 heavy (non-hydrogen) atoms. The van der Waals surface area contributed by atoms with E-state index in [-0.39, 0.29) is 0 Å². The van der Waals surface area contributed by atoms with Gasteiger partial charge in [0.25, 0.3) is 0 Å². The number of hydrogen-bond donors (Lipinski definition) is 0. The van der Waals surface area contributed by atoms with Gasteiger partial charge in [0.05, 0.1) is 0 Å². The summed E-state index contributed by atoms with van der Waals surface area (Å²) in [6.45, 7) is 3.95. The van der Waals surface area contributed by atoms with Crippen LogP contribution in [0.3, 0.4) is 0 Å². The number of fused-ring (bicyclic) bond motifs is 3. The van der Waals surface area contributed by atoms with Gasteiger partial charge >= 0.3 is 0 Å². The molecular weight excluding hydrogens is 188 g/mol. The van der Waals surface area contributed by atoms with Gasteiger partial charge < -0.3 is 0 Å². The van der Waals surface area contributed by atoms with Gasteiger partial charge in [-0.05, 0) is 24.6 Å². The molecule has 0 saturated heterocycles. The van der Waals surface area contributed by atoms with Gasteiger partial charge in [-0.1, -0.05) is 30.3 Å². The molecule has 1 heterocycles. The van der Waals surface area contributed by atoms with Crippen LogP contribution in [0, 0.1) is 6.92 Å². The van der Waals surface area contributed by atoms with Crippen LogP contribution in [0.2, 0.25) is 0 Å². The van der Waals surface area contributed by atoms with Gasteiger partial charge in [0.2, 0.25) is 0 Å². The molecular formula is C13H9S. The van der Waals surface area contributed by atoms with Crippen molar-refractivity contribution in [2.24, 2.45) is 0 Å². The molecule has 0 amide bonds. The van der Waals surface area contributed by atoms with E-state index >= 15 is 0 Å². The summed E-state index contributed by atoms with van der Waals surface area (Å²) in [4.78, 5) is 0. The highest BCUT2D eigenvalue weighted by Gasteiger charge is 2.02. The lowest BCUT2D eigenvalue weighted by molar-refractivity contribution is 1.71. The normalized spacial score (nSPS) is 11.2. The van der Waals surface area contributed by atoms with Crippen molar-refractivity contribution in [2.75, 3.05) is 0 Å². The highest BCUT2D eigenvalue weighted by atomic mass is 32.1. The summed E-state index contributed by atoms with van der Waals surface area (Å²) in [7, 11) is 0. The number of hydrogen-bond acceptors (Lipinski definition) is 1. The molecule has 0 saturated carbocycles. The minimum atomic E-state index is 1.09. The van der Waals surface area contributed by atoms with E-state index in [9.17, 15) is 0 Å². The predicted octanol–water partition coefficient (Wildman–Crippen LogP) is 4.24. The molecule has 1 heteroatoms. The Hall–Kier alpha value is -1.34. The van der Waals surface area contributed by atoms with Crippen molar-refractivity contribution in [3.05, 3.63) is 55.0 Å². The highest BCUT2D eigenvalue weighted by Crippen LogP contribution is 2.33. The van der Waals surface area contributed by atoms with Crippen LogP contribution in [-0.4, -0.2) is 0 Å². The summed E-state index contributed by atoms with van der Waals surface area (Å²) in [5.41, 5.74) is 1.09. The van der Waals surface area contributed by atoms with Crippen LogP contribution >= 0.6 is 11.3 Å². The molecule has 0 aliphatic carbocycles. The van der Waals surface area contributed by atoms with Gasteiger partial charge in [-0.15, -0.1) is 11.3 Å². The molecule has 0 spiro atoms. The van der Waals surface area contributed by atoms with Crippen LogP contribution in [0.4, 0.5) is 0 Å². The zero-order chi connectivity index (χ0) is 9.54. The molecule has 0 aliphatic rings. The van der Waals surface area contributed by atoms with Crippen LogP contribution in [0.25, 0.3) is 20.2 Å². The van der Waals surface area contributed by atoms with E-state index < -0.39 is 0 Å². The molecule has 0 unspecified atom stereocenters. The first kappa shape index (κ1) is 8.01. The molecule has 1 radical (unpaired) electrons. The lowest BCUT2D eigenvalue weighted by Crippen LogP contribution is -1.68. The summed E-state index contributed by atoms with van der Waals surface area (Å²) in [6.07, 6.45) is 0. The zero-order valence-electron chi connectivity index (χ0n) is 7.66. The molecule has 2 aromatic carbocycles. The molecule has 0 bridgehead atoms. The minimum Gasteiger partial charge on any atom is -0.135 e. The van der Waals surface area contributed by atoms with Gasteiger partial charge in [0.15, 0.2) is 0 Å². The molecule has 0 N–H and O–H groups in total. The maximum Gasteiger partial charge on any atom is 0.0358 e. The van der Waals surface area contributed by atoms with Crippen molar-refractivity contribution in [2.45, 2.75) is 0 Å². The average Bonchev–Trinajstić information content (AvgIpc) is 2.54. The molecule has 0 aliphatic heterocycles. The highest BCUT2D eigenvalue weighted by molar-refractivity contribution is 7.25. The summed E-state index contributed by atoms with van der Waals surface area (Å²) in [6, 6.07) is 14.9. The number of thiophene rings is 1. The van der Waals surface area contributed by atoms with E-state index in [1.807, 2.05) is 11.3 Å². The van der Waals surface area contributed by atoms with Gasteiger partial charge in [-0.3, -0.25) is 0 Å². The number of rotatable bonds is 0. The Morgan fingerprint density at radius 2 is 1.64 bits per heavy atom.